The van der Waals surface area contributed by atoms with Crippen LogP contribution >= 0.6 is 0 Å². The lowest BCUT2D eigenvalue weighted by atomic mass is 10.3. The third-order valence-corrected chi connectivity index (χ3v) is 2.40. The molecule has 0 aliphatic carbocycles. The van der Waals surface area contributed by atoms with Crippen LogP contribution in [0.2, 0.25) is 0 Å². The number of aryl methyl sites for hydroxylation is 1. The molecule has 3 amide bonds. The Hall–Kier alpha value is -2.42. The van der Waals surface area contributed by atoms with Crippen molar-refractivity contribution in [3.63, 3.8) is 0 Å². The molecule has 1 aromatic rings. The number of imidazole rings is 1. The minimum atomic E-state index is -1.18. The molecule has 116 valence electrons. The van der Waals surface area contributed by atoms with E-state index in [0.29, 0.717) is 6.54 Å². The van der Waals surface area contributed by atoms with Crippen LogP contribution in [0.25, 0.3) is 0 Å². The monoisotopic (exact) mass is 298 g/mol. The van der Waals surface area contributed by atoms with E-state index < -0.39 is 31.1 Å². The van der Waals surface area contributed by atoms with E-state index in [2.05, 4.69) is 15.0 Å². The van der Waals surface area contributed by atoms with Gasteiger partial charge in [-0.1, -0.05) is 0 Å². The van der Waals surface area contributed by atoms with Gasteiger partial charge >= 0.3 is 12.0 Å². The van der Waals surface area contributed by atoms with Crippen LogP contribution in [0.1, 0.15) is 12.8 Å². The van der Waals surface area contributed by atoms with Crippen LogP contribution in [0.15, 0.2) is 18.7 Å². The van der Waals surface area contributed by atoms with E-state index in [1.54, 1.807) is 12.5 Å². The van der Waals surface area contributed by atoms with Gasteiger partial charge in [-0.2, -0.15) is 0 Å². The van der Waals surface area contributed by atoms with Gasteiger partial charge in [0.05, 0.1) is 6.33 Å². The van der Waals surface area contributed by atoms with Gasteiger partial charge in [-0.05, 0) is 12.8 Å². The van der Waals surface area contributed by atoms with Gasteiger partial charge in [0.2, 0.25) is 0 Å². The molecule has 0 spiro atoms. The van der Waals surface area contributed by atoms with Crippen molar-refractivity contribution in [2.45, 2.75) is 19.4 Å². The standard InChI is InChI=1S/C12H18N4O5/c17-10(7-21-8-11(18)19)15-12(20)14-3-1-2-5-16-6-4-13-9-16/h4,6,9H,1-3,5,7-8H2,(H,18,19)(H2,14,15,17,20). The molecule has 3 N–H and O–H groups in total. The summed E-state index contributed by atoms with van der Waals surface area (Å²) in [6, 6.07) is -0.624. The fourth-order valence-corrected chi connectivity index (χ4v) is 1.48. The summed E-state index contributed by atoms with van der Waals surface area (Å²) in [4.78, 5) is 36.6. The number of urea groups is 1. The van der Waals surface area contributed by atoms with E-state index in [9.17, 15) is 14.4 Å². The number of amides is 3. The maximum Gasteiger partial charge on any atom is 0.329 e. The number of hydrogen-bond acceptors (Lipinski definition) is 5. The number of unbranched alkanes of at least 4 members (excludes halogenated alkanes) is 1. The maximum absolute atomic E-state index is 11.3. The Morgan fingerprint density at radius 1 is 1.24 bits per heavy atom. The SMILES string of the molecule is O=C(O)COCC(=O)NC(=O)NCCCCn1ccnc1. The number of carboxylic acids is 1. The van der Waals surface area contributed by atoms with Crippen LogP contribution in [0, 0.1) is 0 Å². The summed E-state index contributed by atoms with van der Waals surface area (Å²) in [7, 11) is 0. The highest BCUT2D eigenvalue weighted by Gasteiger charge is 2.08. The van der Waals surface area contributed by atoms with Crippen LogP contribution in [0.4, 0.5) is 4.79 Å². The van der Waals surface area contributed by atoms with E-state index in [-0.39, 0.29) is 0 Å². The lowest BCUT2D eigenvalue weighted by molar-refractivity contribution is -0.143. The van der Waals surface area contributed by atoms with Gasteiger partial charge in [0.25, 0.3) is 5.91 Å². The van der Waals surface area contributed by atoms with Crippen LogP contribution in [-0.2, 0) is 20.9 Å². The van der Waals surface area contributed by atoms with Crippen molar-refractivity contribution < 1.29 is 24.2 Å². The van der Waals surface area contributed by atoms with E-state index >= 15 is 0 Å². The average molecular weight is 298 g/mol. The van der Waals surface area contributed by atoms with E-state index in [4.69, 9.17) is 5.11 Å². The molecule has 0 saturated carbocycles. The summed E-state index contributed by atoms with van der Waals surface area (Å²) in [5.41, 5.74) is 0. The average Bonchev–Trinajstić information content (AvgIpc) is 2.91. The molecule has 0 unspecified atom stereocenters. The number of aromatic nitrogens is 2. The van der Waals surface area contributed by atoms with Gasteiger partial charge in [-0.25, -0.2) is 14.6 Å². The molecule has 0 bridgehead atoms. The Bertz CT molecular complexity index is 460. The number of aliphatic carboxylic acids is 1. The van der Waals surface area contributed by atoms with Gasteiger partial charge < -0.3 is 19.7 Å². The van der Waals surface area contributed by atoms with E-state index in [1.807, 2.05) is 16.1 Å². The molecular formula is C12H18N4O5. The van der Waals surface area contributed by atoms with Crippen LogP contribution < -0.4 is 10.6 Å². The minimum Gasteiger partial charge on any atom is -0.480 e. The van der Waals surface area contributed by atoms with Gasteiger partial charge in [0.1, 0.15) is 13.2 Å². The van der Waals surface area contributed by atoms with Gasteiger partial charge in [-0.15, -0.1) is 0 Å². The molecular weight excluding hydrogens is 280 g/mol. The number of imide groups is 1. The predicted molar refractivity (Wildman–Crippen MR) is 71.5 cm³/mol. The van der Waals surface area contributed by atoms with Crippen molar-refractivity contribution in [1.29, 1.82) is 0 Å². The molecule has 0 aromatic carbocycles. The van der Waals surface area contributed by atoms with Gasteiger partial charge in [0, 0.05) is 25.5 Å². The zero-order valence-electron chi connectivity index (χ0n) is 11.4. The molecule has 0 atom stereocenters. The van der Waals surface area contributed by atoms with E-state index in [1.165, 1.54) is 0 Å². The molecule has 1 heterocycles. The largest absolute Gasteiger partial charge is 0.480 e. The van der Waals surface area contributed by atoms with E-state index in [0.717, 1.165) is 19.4 Å². The zero-order chi connectivity index (χ0) is 15.5. The summed E-state index contributed by atoms with van der Waals surface area (Å²) < 4.78 is 6.48. The Labute approximate surface area is 121 Å². The number of rotatable bonds is 9. The van der Waals surface area contributed by atoms with Crippen LogP contribution in [-0.4, -0.2) is 52.3 Å². The first-order chi connectivity index (χ1) is 10.1. The molecule has 9 heteroatoms. The van der Waals surface area contributed by atoms with Crippen molar-refractivity contribution in [3.05, 3.63) is 18.7 Å². The number of ether oxygens (including phenoxy) is 1. The fourth-order valence-electron chi connectivity index (χ4n) is 1.48. The molecule has 0 fully saturated rings. The second-order valence-electron chi connectivity index (χ2n) is 4.20. The van der Waals surface area contributed by atoms with Gasteiger partial charge in [-0.3, -0.25) is 10.1 Å². The number of carboxylic acid groups (broad SMARTS) is 1. The lowest BCUT2D eigenvalue weighted by Gasteiger charge is -2.07. The number of hydrogen-bond donors (Lipinski definition) is 3. The quantitative estimate of drug-likeness (QED) is 0.533. The Balaban J connectivity index is 2.00. The Kier molecular flexibility index (Phi) is 7.51. The third kappa shape index (κ3) is 8.37. The molecule has 0 saturated heterocycles. The zero-order valence-corrected chi connectivity index (χ0v) is 11.4. The summed E-state index contributed by atoms with van der Waals surface area (Å²) in [5.74, 6) is -1.86. The number of carbonyl (C=O) groups excluding carboxylic acids is 2. The van der Waals surface area contributed by atoms with Crippen LogP contribution in [0.5, 0.6) is 0 Å². The highest BCUT2D eigenvalue weighted by atomic mass is 16.5. The van der Waals surface area contributed by atoms with Crippen molar-refractivity contribution in [1.82, 2.24) is 20.2 Å². The molecule has 9 nitrogen and oxygen atoms in total. The first-order valence-electron chi connectivity index (χ1n) is 6.41. The second kappa shape index (κ2) is 9.48. The molecule has 21 heavy (non-hydrogen) atoms. The first-order valence-corrected chi connectivity index (χ1v) is 6.41. The summed E-state index contributed by atoms with van der Waals surface area (Å²) in [6.07, 6.45) is 6.90. The number of nitrogens with one attached hydrogen (secondary N) is 2. The van der Waals surface area contributed by atoms with Crippen molar-refractivity contribution in [3.8, 4) is 0 Å². The third-order valence-electron chi connectivity index (χ3n) is 2.40. The fraction of sp³-hybridized carbons (Fsp3) is 0.500. The summed E-state index contributed by atoms with van der Waals surface area (Å²) in [6.45, 7) is 0.193. The number of nitrogens with zero attached hydrogens (tertiary/aromatic N) is 2. The summed E-state index contributed by atoms with van der Waals surface area (Å²) in [5, 5.41) is 12.9. The first kappa shape index (κ1) is 16.6. The molecule has 1 rings (SSSR count). The smallest absolute Gasteiger partial charge is 0.329 e. The van der Waals surface area contributed by atoms with Crippen molar-refractivity contribution >= 4 is 17.9 Å². The lowest BCUT2D eigenvalue weighted by Crippen LogP contribution is -2.41. The summed E-state index contributed by atoms with van der Waals surface area (Å²) >= 11 is 0. The topological polar surface area (TPSA) is 123 Å². The molecule has 0 aliphatic heterocycles. The maximum atomic E-state index is 11.3. The highest BCUT2D eigenvalue weighted by molar-refractivity contribution is 5.94. The number of carbonyl (C=O) groups is 3. The Morgan fingerprint density at radius 3 is 2.71 bits per heavy atom. The van der Waals surface area contributed by atoms with Gasteiger partial charge in [0.15, 0.2) is 0 Å². The molecule has 0 radical (unpaired) electrons. The molecule has 0 aliphatic rings. The minimum absolute atomic E-state index is 0.434. The van der Waals surface area contributed by atoms with Crippen molar-refractivity contribution in [2.24, 2.45) is 0 Å². The molecule has 1 aromatic heterocycles. The normalized spacial score (nSPS) is 10.1. The second-order valence-corrected chi connectivity index (χ2v) is 4.20. The Morgan fingerprint density at radius 2 is 2.05 bits per heavy atom. The van der Waals surface area contributed by atoms with Crippen LogP contribution in [0.3, 0.4) is 0 Å². The highest BCUT2D eigenvalue weighted by Crippen LogP contribution is 1.93. The predicted octanol–water partition coefficient (Wildman–Crippen LogP) is -0.410. The van der Waals surface area contributed by atoms with Crippen molar-refractivity contribution in [2.75, 3.05) is 19.8 Å².